The zero-order valence-corrected chi connectivity index (χ0v) is 14.3. The highest BCUT2D eigenvalue weighted by molar-refractivity contribution is 7.89. The predicted molar refractivity (Wildman–Crippen MR) is 85.3 cm³/mol. The highest BCUT2D eigenvalue weighted by Crippen LogP contribution is 2.15. The maximum Gasteiger partial charge on any atom is 0.338 e. The second-order valence-corrected chi connectivity index (χ2v) is 7.19. The van der Waals surface area contributed by atoms with E-state index in [2.05, 4.69) is 5.32 Å². The molecule has 1 aromatic rings. The number of sulfonamides is 1. The summed E-state index contributed by atoms with van der Waals surface area (Å²) >= 11 is 0. The first-order chi connectivity index (χ1) is 10.6. The molecule has 8 heteroatoms. The van der Waals surface area contributed by atoms with Crippen LogP contribution in [0, 0.1) is 12.8 Å². The summed E-state index contributed by atoms with van der Waals surface area (Å²) in [5, 5.41) is 7.67. The Kier molecular flexibility index (Phi) is 6.71. The molecule has 0 aromatic heterocycles. The van der Waals surface area contributed by atoms with Crippen LogP contribution in [0.3, 0.4) is 0 Å². The normalized spacial score (nSPS) is 11.3. The number of amides is 1. The van der Waals surface area contributed by atoms with Crippen molar-refractivity contribution in [3.63, 3.8) is 0 Å². The molecule has 1 amide bonds. The minimum atomic E-state index is -3.91. The summed E-state index contributed by atoms with van der Waals surface area (Å²) < 4.78 is 27.5. The molecule has 0 aliphatic rings. The van der Waals surface area contributed by atoms with Crippen molar-refractivity contribution in [1.29, 1.82) is 0 Å². The Hall–Kier alpha value is -1.93. The van der Waals surface area contributed by atoms with Crippen molar-refractivity contribution < 1.29 is 22.7 Å². The van der Waals surface area contributed by atoms with E-state index < -0.39 is 28.5 Å². The summed E-state index contributed by atoms with van der Waals surface area (Å²) in [4.78, 5) is 23.4. The van der Waals surface area contributed by atoms with Crippen LogP contribution in [0.2, 0.25) is 0 Å². The Morgan fingerprint density at radius 3 is 2.52 bits per heavy atom. The summed E-state index contributed by atoms with van der Waals surface area (Å²) in [7, 11) is -3.91. The molecule has 1 aromatic carbocycles. The van der Waals surface area contributed by atoms with Gasteiger partial charge in [0.15, 0.2) is 6.61 Å². The molecule has 0 bridgehead atoms. The van der Waals surface area contributed by atoms with Crippen molar-refractivity contribution in [2.75, 3.05) is 13.2 Å². The summed E-state index contributed by atoms with van der Waals surface area (Å²) in [6.07, 6.45) is 0.829. The average Bonchev–Trinajstić information content (AvgIpc) is 2.43. The fourth-order valence-electron chi connectivity index (χ4n) is 1.76. The second-order valence-electron chi connectivity index (χ2n) is 5.63. The minimum Gasteiger partial charge on any atom is -0.452 e. The minimum absolute atomic E-state index is 0.0616. The summed E-state index contributed by atoms with van der Waals surface area (Å²) in [6, 6.07) is 3.91. The smallest absolute Gasteiger partial charge is 0.338 e. The van der Waals surface area contributed by atoms with Crippen LogP contribution in [0.5, 0.6) is 0 Å². The largest absolute Gasteiger partial charge is 0.452 e. The van der Waals surface area contributed by atoms with Crippen LogP contribution in [0.25, 0.3) is 0 Å². The molecule has 7 nitrogen and oxygen atoms in total. The number of ether oxygens (including phenoxy) is 1. The first-order valence-electron chi connectivity index (χ1n) is 7.18. The molecule has 0 fully saturated rings. The summed E-state index contributed by atoms with van der Waals surface area (Å²) in [5.74, 6) is -0.715. The topological polar surface area (TPSA) is 116 Å². The Bertz CT molecular complexity index is 683. The summed E-state index contributed by atoms with van der Waals surface area (Å²) in [5.41, 5.74) is 0.592. The molecule has 3 N–H and O–H groups in total. The molecule has 1 rings (SSSR count). The van der Waals surface area contributed by atoms with E-state index in [0.29, 0.717) is 18.0 Å². The van der Waals surface area contributed by atoms with Gasteiger partial charge in [-0.1, -0.05) is 19.9 Å². The fourth-order valence-corrected chi connectivity index (χ4v) is 2.30. The molecule has 0 spiro atoms. The lowest BCUT2D eigenvalue weighted by atomic mass is 10.1. The van der Waals surface area contributed by atoms with E-state index in [1.165, 1.54) is 12.1 Å². The molecule has 0 atom stereocenters. The molecule has 0 radical (unpaired) electrons. The number of rotatable bonds is 7. The number of primary sulfonamides is 1. The first-order valence-corrected chi connectivity index (χ1v) is 8.73. The van der Waals surface area contributed by atoms with E-state index in [9.17, 15) is 18.0 Å². The van der Waals surface area contributed by atoms with Crippen LogP contribution < -0.4 is 10.5 Å². The Labute approximate surface area is 136 Å². The zero-order chi connectivity index (χ0) is 17.6. The van der Waals surface area contributed by atoms with E-state index >= 15 is 0 Å². The van der Waals surface area contributed by atoms with Crippen LogP contribution in [0.1, 0.15) is 36.2 Å². The van der Waals surface area contributed by atoms with Gasteiger partial charge in [-0.2, -0.15) is 0 Å². The lowest BCUT2D eigenvalue weighted by Crippen LogP contribution is -2.30. The summed E-state index contributed by atoms with van der Waals surface area (Å²) in [6.45, 7) is 5.79. The molecule has 23 heavy (non-hydrogen) atoms. The number of hydrogen-bond donors (Lipinski definition) is 2. The zero-order valence-electron chi connectivity index (χ0n) is 13.5. The van der Waals surface area contributed by atoms with Gasteiger partial charge < -0.3 is 10.1 Å². The third-order valence-electron chi connectivity index (χ3n) is 3.14. The molecule has 0 saturated carbocycles. The Morgan fingerprint density at radius 1 is 1.30 bits per heavy atom. The van der Waals surface area contributed by atoms with Crippen molar-refractivity contribution in [1.82, 2.24) is 5.32 Å². The lowest BCUT2D eigenvalue weighted by molar-refractivity contribution is -0.124. The number of nitrogens with two attached hydrogens (primary N) is 1. The number of aryl methyl sites for hydroxylation is 1. The molecule has 0 aliphatic carbocycles. The molecular weight excluding hydrogens is 320 g/mol. The lowest BCUT2D eigenvalue weighted by Gasteiger charge is -2.10. The number of carbonyl (C=O) groups is 2. The van der Waals surface area contributed by atoms with Crippen molar-refractivity contribution in [2.45, 2.75) is 32.1 Å². The number of hydrogen-bond acceptors (Lipinski definition) is 5. The van der Waals surface area contributed by atoms with Crippen LogP contribution in [0.4, 0.5) is 0 Å². The maximum atomic E-state index is 12.0. The van der Waals surface area contributed by atoms with Crippen LogP contribution in [-0.2, 0) is 19.6 Å². The van der Waals surface area contributed by atoms with Gasteiger partial charge in [-0.15, -0.1) is 0 Å². The van der Waals surface area contributed by atoms with E-state index in [1.807, 2.05) is 13.8 Å². The number of nitrogens with one attached hydrogen (secondary N) is 1. The van der Waals surface area contributed by atoms with Crippen LogP contribution >= 0.6 is 0 Å². The molecule has 0 aliphatic heterocycles. The number of esters is 1. The van der Waals surface area contributed by atoms with Gasteiger partial charge in [0, 0.05) is 6.54 Å². The monoisotopic (exact) mass is 342 g/mol. The van der Waals surface area contributed by atoms with Gasteiger partial charge in [0.1, 0.15) is 0 Å². The van der Waals surface area contributed by atoms with Gasteiger partial charge in [0.2, 0.25) is 10.0 Å². The van der Waals surface area contributed by atoms with Gasteiger partial charge in [0.25, 0.3) is 5.91 Å². The average molecular weight is 342 g/mol. The quantitative estimate of drug-likeness (QED) is 0.716. The SMILES string of the molecule is Cc1ccc(S(N)(=O)=O)cc1C(=O)OCC(=O)NCCC(C)C. The third kappa shape index (κ3) is 6.37. The Morgan fingerprint density at radius 2 is 1.96 bits per heavy atom. The highest BCUT2D eigenvalue weighted by Gasteiger charge is 2.16. The van der Waals surface area contributed by atoms with Crippen molar-refractivity contribution >= 4 is 21.9 Å². The predicted octanol–water partition coefficient (Wildman–Crippen LogP) is 0.962. The maximum absolute atomic E-state index is 12.0. The molecule has 0 unspecified atom stereocenters. The number of carbonyl (C=O) groups excluding carboxylic acids is 2. The van der Waals surface area contributed by atoms with Gasteiger partial charge in [0.05, 0.1) is 10.5 Å². The second kappa shape index (κ2) is 8.07. The fraction of sp³-hybridized carbons (Fsp3) is 0.467. The Balaban J connectivity index is 2.66. The van der Waals surface area contributed by atoms with E-state index in [0.717, 1.165) is 12.5 Å². The van der Waals surface area contributed by atoms with E-state index in [-0.39, 0.29) is 10.5 Å². The van der Waals surface area contributed by atoms with Crippen molar-refractivity contribution in [3.8, 4) is 0 Å². The molecular formula is C15H22N2O5S. The van der Waals surface area contributed by atoms with Gasteiger partial charge in [-0.25, -0.2) is 18.4 Å². The van der Waals surface area contributed by atoms with Crippen molar-refractivity contribution in [2.24, 2.45) is 11.1 Å². The molecule has 128 valence electrons. The van der Waals surface area contributed by atoms with Crippen LogP contribution in [0.15, 0.2) is 23.1 Å². The first kappa shape index (κ1) is 19.1. The highest BCUT2D eigenvalue weighted by atomic mass is 32.2. The van der Waals surface area contributed by atoms with Crippen LogP contribution in [-0.4, -0.2) is 33.4 Å². The van der Waals surface area contributed by atoms with E-state index in [4.69, 9.17) is 9.88 Å². The molecule has 0 heterocycles. The molecule has 0 saturated heterocycles. The number of benzene rings is 1. The third-order valence-corrected chi connectivity index (χ3v) is 4.05. The standard InChI is InChI=1S/C15H22N2O5S/c1-10(2)6-7-17-14(18)9-22-15(19)13-8-12(23(16,20)21)5-4-11(13)3/h4-5,8,10H,6-7,9H2,1-3H3,(H,17,18)(H2,16,20,21). The van der Waals surface area contributed by atoms with Crippen molar-refractivity contribution in [3.05, 3.63) is 29.3 Å². The van der Waals surface area contributed by atoms with E-state index in [1.54, 1.807) is 6.92 Å². The van der Waals surface area contributed by atoms with Gasteiger partial charge in [-0.05, 0) is 37.0 Å². The van der Waals surface area contributed by atoms with Gasteiger partial charge in [-0.3, -0.25) is 4.79 Å². The van der Waals surface area contributed by atoms with Gasteiger partial charge >= 0.3 is 5.97 Å².